The zero-order chi connectivity index (χ0) is 24.0. The number of carbonyl (C=O) groups excluding carboxylic acids is 3. The van der Waals surface area contributed by atoms with Gasteiger partial charge in [0.05, 0.1) is 12.5 Å². The van der Waals surface area contributed by atoms with Crippen molar-refractivity contribution in [1.29, 1.82) is 0 Å². The third kappa shape index (κ3) is 6.38. The van der Waals surface area contributed by atoms with Gasteiger partial charge in [0.2, 0.25) is 11.8 Å². The number of aromatic nitrogens is 1. The number of hydrogen-bond acceptors (Lipinski definition) is 4. The van der Waals surface area contributed by atoms with Crippen LogP contribution < -0.4 is 5.32 Å². The van der Waals surface area contributed by atoms with E-state index in [0.29, 0.717) is 49.8 Å². The van der Waals surface area contributed by atoms with Gasteiger partial charge in [-0.15, -0.1) is 0 Å². The van der Waals surface area contributed by atoms with Gasteiger partial charge in [-0.2, -0.15) is 0 Å². The number of likely N-dealkylation sites (tertiary alicyclic amines) is 1. The van der Waals surface area contributed by atoms with E-state index < -0.39 is 0 Å². The minimum Gasteiger partial charge on any atom is -0.461 e. The zero-order valence-electron chi connectivity index (χ0n) is 19.5. The Kier molecular flexibility index (Phi) is 8.55. The Hall–Kier alpha value is -2.80. The number of piperidine rings is 1. The third-order valence-electron chi connectivity index (χ3n) is 6.16. The van der Waals surface area contributed by atoms with Crippen LogP contribution in [0.1, 0.15) is 59.1 Å². The molecule has 3 rings (SSSR count). The molecule has 1 atom stereocenters. The van der Waals surface area contributed by atoms with E-state index in [1.54, 1.807) is 17.9 Å². The molecule has 2 amide bonds. The Morgan fingerprint density at radius 3 is 2.79 bits per heavy atom. The average molecular weight is 474 g/mol. The van der Waals surface area contributed by atoms with Crippen molar-refractivity contribution in [3.63, 3.8) is 0 Å². The first-order valence-corrected chi connectivity index (χ1v) is 11.8. The number of hydrogen-bond donors (Lipinski definition) is 2. The summed E-state index contributed by atoms with van der Waals surface area (Å²) in [6, 6.07) is 7.40. The molecule has 8 heteroatoms. The van der Waals surface area contributed by atoms with Crippen LogP contribution in [0.15, 0.2) is 24.3 Å². The fourth-order valence-electron chi connectivity index (χ4n) is 4.36. The molecule has 0 aliphatic carbocycles. The quantitative estimate of drug-likeness (QED) is 0.568. The summed E-state index contributed by atoms with van der Waals surface area (Å²) in [6.45, 7) is 7.36. The van der Waals surface area contributed by atoms with Crippen molar-refractivity contribution in [2.45, 2.75) is 53.0 Å². The Bertz CT molecular complexity index is 1020. The highest BCUT2D eigenvalue weighted by molar-refractivity contribution is 6.30. The number of nitrogens with zero attached hydrogens (tertiary/aromatic N) is 1. The molecule has 0 spiro atoms. The number of ether oxygens (including phenoxy) is 1. The average Bonchev–Trinajstić information content (AvgIpc) is 3.09. The summed E-state index contributed by atoms with van der Waals surface area (Å²) in [5.41, 5.74) is 4.07. The first-order chi connectivity index (χ1) is 15.8. The van der Waals surface area contributed by atoms with Crippen LogP contribution in [-0.4, -0.2) is 47.4 Å². The van der Waals surface area contributed by atoms with Gasteiger partial charge in [-0.25, -0.2) is 4.79 Å². The topological polar surface area (TPSA) is 91.5 Å². The summed E-state index contributed by atoms with van der Waals surface area (Å²) in [5.74, 6) is -0.602. The number of aromatic amines is 1. The van der Waals surface area contributed by atoms with E-state index in [4.69, 9.17) is 16.3 Å². The number of halogens is 1. The smallest absolute Gasteiger partial charge is 0.355 e. The lowest BCUT2D eigenvalue weighted by molar-refractivity contribution is -0.135. The van der Waals surface area contributed by atoms with E-state index in [0.717, 1.165) is 35.2 Å². The molecule has 0 bridgehead atoms. The fraction of sp³-hybridized carbons (Fsp3) is 0.480. The van der Waals surface area contributed by atoms with Gasteiger partial charge in [-0.05, 0) is 68.9 Å². The summed E-state index contributed by atoms with van der Waals surface area (Å²) in [6.07, 6.45) is 2.44. The Balaban J connectivity index is 1.53. The Morgan fingerprint density at radius 2 is 2.06 bits per heavy atom. The molecule has 1 aliphatic heterocycles. The van der Waals surface area contributed by atoms with Gasteiger partial charge in [-0.1, -0.05) is 23.7 Å². The molecule has 2 heterocycles. The van der Waals surface area contributed by atoms with Crippen LogP contribution in [0, 0.1) is 19.8 Å². The highest BCUT2D eigenvalue weighted by Gasteiger charge is 2.28. The third-order valence-corrected chi connectivity index (χ3v) is 6.40. The van der Waals surface area contributed by atoms with E-state index in [9.17, 15) is 14.4 Å². The van der Waals surface area contributed by atoms with Gasteiger partial charge in [0.15, 0.2) is 0 Å². The second kappa shape index (κ2) is 11.4. The first kappa shape index (κ1) is 24.8. The van der Waals surface area contributed by atoms with Crippen LogP contribution in [0.2, 0.25) is 5.02 Å². The van der Waals surface area contributed by atoms with Crippen LogP contribution in [0.3, 0.4) is 0 Å². The predicted octanol–water partition coefficient (Wildman–Crippen LogP) is 3.95. The minimum atomic E-state index is -0.377. The van der Waals surface area contributed by atoms with Crippen LogP contribution in [0.25, 0.3) is 0 Å². The van der Waals surface area contributed by atoms with Gasteiger partial charge in [0, 0.05) is 36.8 Å². The molecule has 0 radical (unpaired) electrons. The summed E-state index contributed by atoms with van der Waals surface area (Å²) >= 11 is 6.01. The van der Waals surface area contributed by atoms with Crippen LogP contribution in [0.4, 0.5) is 0 Å². The SMILES string of the molecule is CCOC(=O)c1[nH]c(C)c(CCC(=O)N2CCCC(C(=O)NCc3cccc(Cl)c3)C2)c1C. The van der Waals surface area contributed by atoms with E-state index in [1.807, 2.05) is 32.0 Å². The van der Waals surface area contributed by atoms with Crippen molar-refractivity contribution < 1.29 is 19.1 Å². The molecule has 2 aromatic rings. The molecule has 1 fully saturated rings. The Morgan fingerprint density at radius 1 is 1.27 bits per heavy atom. The van der Waals surface area contributed by atoms with E-state index in [-0.39, 0.29) is 23.7 Å². The second-order valence-corrected chi connectivity index (χ2v) is 8.91. The number of aryl methyl sites for hydroxylation is 1. The number of H-pyrrole nitrogens is 1. The lowest BCUT2D eigenvalue weighted by Crippen LogP contribution is -2.45. The number of nitrogens with one attached hydrogen (secondary N) is 2. The number of rotatable bonds is 8. The van der Waals surface area contributed by atoms with Gasteiger partial charge < -0.3 is 19.9 Å². The van der Waals surface area contributed by atoms with E-state index in [1.165, 1.54) is 0 Å². The fourth-order valence-corrected chi connectivity index (χ4v) is 4.57. The molecule has 2 N–H and O–H groups in total. The highest BCUT2D eigenvalue weighted by Crippen LogP contribution is 2.22. The van der Waals surface area contributed by atoms with Crippen LogP contribution in [0.5, 0.6) is 0 Å². The summed E-state index contributed by atoms with van der Waals surface area (Å²) in [5, 5.41) is 3.61. The maximum absolute atomic E-state index is 12.9. The zero-order valence-corrected chi connectivity index (χ0v) is 20.3. The van der Waals surface area contributed by atoms with E-state index >= 15 is 0 Å². The summed E-state index contributed by atoms with van der Waals surface area (Å²) in [4.78, 5) is 42.6. The lowest BCUT2D eigenvalue weighted by Gasteiger charge is -2.32. The van der Waals surface area contributed by atoms with Gasteiger partial charge in [0.1, 0.15) is 5.69 Å². The monoisotopic (exact) mass is 473 g/mol. The highest BCUT2D eigenvalue weighted by atomic mass is 35.5. The molecule has 1 aromatic heterocycles. The van der Waals surface area contributed by atoms with Crippen molar-refractivity contribution in [3.05, 3.63) is 57.4 Å². The maximum atomic E-state index is 12.9. The van der Waals surface area contributed by atoms with Crippen molar-refractivity contribution in [3.8, 4) is 0 Å². The molecule has 33 heavy (non-hydrogen) atoms. The standard InChI is InChI=1S/C25H32ClN3O4/c1-4-33-25(32)23-16(2)21(17(3)28-23)10-11-22(30)29-12-6-8-19(15-29)24(31)27-14-18-7-5-9-20(26)13-18/h5,7,9,13,19,28H,4,6,8,10-12,14-15H2,1-3H3,(H,27,31). The Labute approximate surface area is 199 Å². The lowest BCUT2D eigenvalue weighted by atomic mass is 9.96. The van der Waals surface area contributed by atoms with E-state index in [2.05, 4.69) is 10.3 Å². The van der Waals surface area contributed by atoms with Gasteiger partial charge in [-0.3, -0.25) is 9.59 Å². The number of amides is 2. The molecular formula is C25H32ClN3O4. The van der Waals surface area contributed by atoms with Gasteiger partial charge in [0.25, 0.3) is 0 Å². The maximum Gasteiger partial charge on any atom is 0.355 e. The van der Waals surface area contributed by atoms with Crippen molar-refractivity contribution >= 4 is 29.4 Å². The molecule has 0 saturated carbocycles. The predicted molar refractivity (Wildman–Crippen MR) is 127 cm³/mol. The van der Waals surface area contributed by atoms with Gasteiger partial charge >= 0.3 is 5.97 Å². The number of esters is 1. The molecule has 1 saturated heterocycles. The van der Waals surface area contributed by atoms with Crippen molar-refractivity contribution in [1.82, 2.24) is 15.2 Å². The second-order valence-electron chi connectivity index (χ2n) is 8.48. The first-order valence-electron chi connectivity index (χ1n) is 11.4. The molecule has 1 unspecified atom stereocenters. The molecule has 178 valence electrons. The van der Waals surface area contributed by atoms with Crippen LogP contribution in [-0.2, 0) is 27.3 Å². The van der Waals surface area contributed by atoms with Crippen molar-refractivity contribution in [2.75, 3.05) is 19.7 Å². The summed E-state index contributed by atoms with van der Waals surface area (Å²) in [7, 11) is 0. The molecular weight excluding hydrogens is 442 g/mol. The largest absolute Gasteiger partial charge is 0.461 e. The molecule has 1 aliphatic rings. The van der Waals surface area contributed by atoms with Crippen molar-refractivity contribution in [2.24, 2.45) is 5.92 Å². The number of benzene rings is 1. The summed E-state index contributed by atoms with van der Waals surface area (Å²) < 4.78 is 5.10. The number of carbonyl (C=O) groups is 3. The molecule has 1 aromatic carbocycles. The molecule has 7 nitrogen and oxygen atoms in total. The minimum absolute atomic E-state index is 0.0278. The van der Waals surface area contributed by atoms with Crippen LogP contribution >= 0.6 is 11.6 Å². The normalized spacial score (nSPS) is 15.9.